The summed E-state index contributed by atoms with van der Waals surface area (Å²) in [5, 5.41) is 0. The van der Waals surface area contributed by atoms with Gasteiger partial charge in [0.05, 0.1) is 12.5 Å². The maximum Gasteiger partial charge on any atom is 0.135 e. The number of thioether (sulfide) groups is 1. The minimum absolute atomic E-state index is 0.803. The maximum atomic E-state index is 5.20. The Labute approximate surface area is 171 Å². The molecule has 6 nitrogen and oxygen atoms in total. The number of aromatic nitrogens is 2. The molecule has 0 aliphatic carbocycles. The molecule has 0 radical (unpaired) electrons. The van der Waals surface area contributed by atoms with E-state index in [9.17, 15) is 0 Å². The monoisotopic (exact) mass is 397 g/mol. The summed E-state index contributed by atoms with van der Waals surface area (Å²) in [4.78, 5) is 17.3. The number of anilines is 2. The van der Waals surface area contributed by atoms with Crippen LogP contribution in [0, 0.1) is 6.92 Å². The van der Waals surface area contributed by atoms with Crippen molar-refractivity contribution in [3.8, 4) is 0 Å². The van der Waals surface area contributed by atoms with Gasteiger partial charge in [-0.1, -0.05) is 0 Å². The van der Waals surface area contributed by atoms with Gasteiger partial charge in [0.15, 0.2) is 0 Å². The first-order valence-electron chi connectivity index (χ1n) is 9.69. The molecular formula is C21H27N5OS. The van der Waals surface area contributed by atoms with E-state index in [1.54, 1.807) is 7.11 Å². The molecule has 1 fully saturated rings. The number of nitrogens with zero attached hydrogens (tertiary/aromatic N) is 5. The summed E-state index contributed by atoms with van der Waals surface area (Å²) in [5.41, 5.74) is 3.52. The highest BCUT2D eigenvalue weighted by molar-refractivity contribution is 8.08. The van der Waals surface area contributed by atoms with E-state index in [-0.39, 0.29) is 0 Å². The van der Waals surface area contributed by atoms with Gasteiger partial charge in [-0.05, 0) is 30.7 Å². The summed E-state index contributed by atoms with van der Waals surface area (Å²) < 4.78 is 5.20. The fraction of sp³-hybridized carbons (Fsp3) is 0.429. The average Bonchev–Trinajstić information content (AvgIpc) is 3.23. The van der Waals surface area contributed by atoms with E-state index >= 15 is 0 Å². The molecule has 28 heavy (non-hydrogen) atoms. The molecule has 2 aromatic heterocycles. The SMILES string of the molecule is COCCN1CCN(c2ccnc(N3C=C(c4ccnc(C)c4)SC3)c2)CC1. The zero-order valence-electron chi connectivity index (χ0n) is 16.5. The Morgan fingerprint density at radius 3 is 2.68 bits per heavy atom. The number of piperazine rings is 1. The predicted molar refractivity (Wildman–Crippen MR) is 117 cm³/mol. The molecule has 0 unspecified atom stereocenters. The van der Waals surface area contributed by atoms with Crippen molar-refractivity contribution in [3.63, 3.8) is 0 Å². The van der Waals surface area contributed by atoms with Crippen molar-refractivity contribution in [2.45, 2.75) is 6.92 Å². The van der Waals surface area contributed by atoms with Crippen LogP contribution in [0.25, 0.3) is 4.91 Å². The second kappa shape index (κ2) is 8.94. The molecule has 4 rings (SSSR count). The molecule has 148 valence electrons. The van der Waals surface area contributed by atoms with Crippen LogP contribution >= 0.6 is 11.8 Å². The first-order chi connectivity index (χ1) is 13.7. The van der Waals surface area contributed by atoms with Crippen LogP contribution in [-0.2, 0) is 4.74 Å². The lowest BCUT2D eigenvalue weighted by atomic mass is 10.2. The van der Waals surface area contributed by atoms with Gasteiger partial charge < -0.3 is 14.5 Å². The molecule has 0 spiro atoms. The van der Waals surface area contributed by atoms with Crippen LogP contribution < -0.4 is 9.80 Å². The van der Waals surface area contributed by atoms with Gasteiger partial charge in [0.1, 0.15) is 5.82 Å². The Kier molecular flexibility index (Phi) is 6.14. The largest absolute Gasteiger partial charge is 0.383 e. The van der Waals surface area contributed by atoms with Crippen molar-refractivity contribution in [2.75, 3.05) is 62.1 Å². The normalized spacial score (nSPS) is 17.9. The summed E-state index contributed by atoms with van der Waals surface area (Å²) in [6.45, 7) is 8.08. The number of rotatable bonds is 6. The number of aryl methyl sites for hydroxylation is 1. The van der Waals surface area contributed by atoms with Crippen LogP contribution in [0.5, 0.6) is 0 Å². The van der Waals surface area contributed by atoms with Crippen LogP contribution in [0.2, 0.25) is 0 Å². The third kappa shape index (κ3) is 4.48. The van der Waals surface area contributed by atoms with E-state index in [2.05, 4.69) is 55.1 Å². The summed E-state index contributed by atoms with van der Waals surface area (Å²) in [6.07, 6.45) is 6.00. The minimum atomic E-state index is 0.803. The number of pyridine rings is 2. The molecule has 7 heteroatoms. The minimum Gasteiger partial charge on any atom is -0.383 e. The Morgan fingerprint density at radius 2 is 1.89 bits per heavy atom. The summed E-state index contributed by atoms with van der Waals surface area (Å²) in [5.74, 6) is 1.89. The summed E-state index contributed by atoms with van der Waals surface area (Å²) >= 11 is 1.84. The lowest BCUT2D eigenvalue weighted by Gasteiger charge is -2.36. The molecular weight excluding hydrogens is 370 g/mol. The Morgan fingerprint density at radius 1 is 1.07 bits per heavy atom. The fourth-order valence-corrected chi connectivity index (χ4v) is 4.54. The lowest BCUT2D eigenvalue weighted by molar-refractivity contribution is 0.144. The topological polar surface area (TPSA) is 44.7 Å². The molecule has 0 bridgehead atoms. The van der Waals surface area contributed by atoms with E-state index < -0.39 is 0 Å². The van der Waals surface area contributed by atoms with Crippen molar-refractivity contribution >= 4 is 28.2 Å². The summed E-state index contributed by atoms with van der Waals surface area (Å²) in [7, 11) is 1.76. The van der Waals surface area contributed by atoms with Crippen molar-refractivity contribution in [2.24, 2.45) is 0 Å². The second-order valence-electron chi connectivity index (χ2n) is 7.12. The zero-order chi connectivity index (χ0) is 19.3. The Bertz CT molecular complexity index is 835. The number of hydrogen-bond acceptors (Lipinski definition) is 7. The zero-order valence-corrected chi connectivity index (χ0v) is 17.4. The molecule has 0 amide bonds. The quantitative estimate of drug-likeness (QED) is 0.742. The Balaban J connectivity index is 1.43. The first kappa shape index (κ1) is 19.2. The van der Waals surface area contributed by atoms with Gasteiger partial charge in [0, 0.05) is 80.8 Å². The Hall–Kier alpha value is -2.09. The van der Waals surface area contributed by atoms with Gasteiger partial charge in [-0.3, -0.25) is 9.88 Å². The summed E-state index contributed by atoms with van der Waals surface area (Å²) in [6, 6.07) is 8.54. The van der Waals surface area contributed by atoms with Crippen LogP contribution in [-0.4, -0.2) is 67.2 Å². The highest BCUT2D eigenvalue weighted by Crippen LogP contribution is 2.36. The molecule has 0 N–H and O–H groups in total. The van der Waals surface area contributed by atoms with Gasteiger partial charge in [0.25, 0.3) is 0 Å². The van der Waals surface area contributed by atoms with Crippen molar-refractivity contribution in [3.05, 3.63) is 54.1 Å². The fourth-order valence-electron chi connectivity index (χ4n) is 3.56. The average molecular weight is 398 g/mol. The molecule has 0 atom stereocenters. The number of ether oxygens (including phenoxy) is 1. The van der Waals surface area contributed by atoms with Gasteiger partial charge in [-0.25, -0.2) is 4.98 Å². The van der Waals surface area contributed by atoms with Crippen LogP contribution in [0.4, 0.5) is 11.5 Å². The molecule has 0 saturated carbocycles. The van der Waals surface area contributed by atoms with Gasteiger partial charge >= 0.3 is 0 Å². The van der Waals surface area contributed by atoms with Crippen molar-refractivity contribution in [1.29, 1.82) is 0 Å². The smallest absolute Gasteiger partial charge is 0.135 e. The third-order valence-corrected chi connectivity index (χ3v) is 6.25. The first-order valence-corrected chi connectivity index (χ1v) is 10.7. The van der Waals surface area contributed by atoms with Gasteiger partial charge in [-0.15, -0.1) is 11.8 Å². The van der Waals surface area contributed by atoms with E-state index in [4.69, 9.17) is 4.74 Å². The molecule has 2 aliphatic rings. The molecule has 0 aromatic carbocycles. The lowest BCUT2D eigenvalue weighted by Crippen LogP contribution is -2.47. The highest BCUT2D eigenvalue weighted by Gasteiger charge is 2.20. The third-order valence-electron chi connectivity index (χ3n) is 5.19. The van der Waals surface area contributed by atoms with Crippen molar-refractivity contribution in [1.82, 2.24) is 14.9 Å². The van der Waals surface area contributed by atoms with Crippen molar-refractivity contribution < 1.29 is 4.74 Å². The van der Waals surface area contributed by atoms with E-state index in [1.807, 2.05) is 31.1 Å². The van der Waals surface area contributed by atoms with Crippen LogP contribution in [0.15, 0.2) is 42.9 Å². The van der Waals surface area contributed by atoms with E-state index in [0.29, 0.717) is 0 Å². The predicted octanol–water partition coefficient (Wildman–Crippen LogP) is 3.06. The van der Waals surface area contributed by atoms with Gasteiger partial charge in [0.2, 0.25) is 0 Å². The second-order valence-corrected chi connectivity index (χ2v) is 8.10. The van der Waals surface area contributed by atoms with Gasteiger partial charge in [-0.2, -0.15) is 0 Å². The van der Waals surface area contributed by atoms with Crippen LogP contribution in [0.3, 0.4) is 0 Å². The standard InChI is InChI=1S/C21H27N5OS/c1-17-13-18(3-5-22-17)20-15-26(16-28-20)21-14-19(4-6-23-21)25-9-7-24(8-10-25)11-12-27-2/h3-6,13-15H,7-12,16H2,1-2H3. The van der Waals surface area contributed by atoms with E-state index in [0.717, 1.165) is 56.7 Å². The van der Waals surface area contributed by atoms with Crippen LogP contribution in [0.1, 0.15) is 11.3 Å². The van der Waals surface area contributed by atoms with E-state index in [1.165, 1.54) is 16.2 Å². The number of methoxy groups -OCH3 is 1. The maximum absolute atomic E-state index is 5.20. The highest BCUT2D eigenvalue weighted by atomic mass is 32.2. The number of hydrogen-bond donors (Lipinski definition) is 0. The molecule has 4 heterocycles. The molecule has 2 aliphatic heterocycles. The molecule has 2 aromatic rings. The molecule has 1 saturated heterocycles.